The van der Waals surface area contributed by atoms with Crippen molar-refractivity contribution in [3.8, 4) is 11.3 Å². The topological polar surface area (TPSA) is 148 Å². The Balaban J connectivity index is 1.64. The van der Waals surface area contributed by atoms with E-state index in [4.69, 9.17) is 23.4 Å². The Labute approximate surface area is 350 Å². The molecule has 1 aromatic rings. The summed E-state index contributed by atoms with van der Waals surface area (Å²) >= 11 is 0. The van der Waals surface area contributed by atoms with Gasteiger partial charge in [-0.3, -0.25) is 9.35 Å². The number of carbonyl (C=O) groups is 1. The Morgan fingerprint density at radius 3 is 2.19 bits per heavy atom. The van der Waals surface area contributed by atoms with Gasteiger partial charge in [-0.25, -0.2) is 4.58 Å². The van der Waals surface area contributed by atoms with Crippen LogP contribution in [0.15, 0.2) is 81.8 Å². The first-order valence-electron chi connectivity index (χ1n) is 20.7. The second-order valence-corrected chi connectivity index (χ2v) is 17.3. The number of fused-ring (bicyclic) bond motifs is 2. The number of benzene rings is 2. The molecule has 0 saturated carbocycles. The summed E-state index contributed by atoms with van der Waals surface area (Å²) in [6, 6.07) is 13.3. The molecular weight excluding hydrogens is 773 g/mol. The van der Waals surface area contributed by atoms with E-state index in [1.54, 1.807) is 19.2 Å². The van der Waals surface area contributed by atoms with Crippen LogP contribution in [-0.2, 0) is 44.7 Å². The highest BCUT2D eigenvalue weighted by molar-refractivity contribution is 7.85. The van der Waals surface area contributed by atoms with Crippen molar-refractivity contribution in [1.82, 2.24) is 4.58 Å². The zero-order valence-electron chi connectivity index (χ0n) is 36.0. The van der Waals surface area contributed by atoms with Crippen LogP contribution in [0.4, 0.5) is 5.69 Å². The van der Waals surface area contributed by atoms with Crippen molar-refractivity contribution >= 4 is 27.9 Å². The van der Waals surface area contributed by atoms with Crippen molar-refractivity contribution in [2.24, 2.45) is 0 Å². The number of anilines is 1. The first-order chi connectivity index (χ1) is 28.1. The van der Waals surface area contributed by atoms with E-state index in [0.29, 0.717) is 72.1 Å². The van der Waals surface area contributed by atoms with Gasteiger partial charge in [-0.05, 0) is 99.1 Å². The molecule has 0 saturated heterocycles. The molecule has 0 radical (unpaired) electrons. The number of hydrogen-bond acceptors (Lipinski definition) is 9. The Morgan fingerprint density at radius 2 is 1.56 bits per heavy atom. The van der Waals surface area contributed by atoms with E-state index >= 15 is 0 Å². The minimum Gasteiger partial charge on any atom is -0.481 e. The fourth-order valence-corrected chi connectivity index (χ4v) is 7.93. The molecule has 0 aromatic heterocycles. The van der Waals surface area contributed by atoms with Gasteiger partial charge in [0.15, 0.2) is 0 Å². The normalized spacial score (nSPS) is 16.6. The van der Waals surface area contributed by atoms with Gasteiger partial charge in [-0.15, -0.1) is 0 Å². The molecule has 2 N–H and O–H groups in total. The van der Waals surface area contributed by atoms with Gasteiger partial charge in [-0.2, -0.15) is 8.42 Å². The van der Waals surface area contributed by atoms with Gasteiger partial charge < -0.3 is 33.4 Å². The van der Waals surface area contributed by atoms with Gasteiger partial charge in [0.05, 0.1) is 50.6 Å². The maximum absolute atomic E-state index is 12.3. The second kappa shape index (κ2) is 22.5. The summed E-state index contributed by atoms with van der Waals surface area (Å²) in [6.07, 6.45) is 12.5. The third kappa shape index (κ3) is 13.4. The molecule has 0 amide bonds. The SMILES string of the molecule is CC[N+](CC)=c1ccc2c(C(C)(C)C)cc(C=CC=CC=C3N(CCCCCC(=O)O)c4ccc(S(=O)(=O)O)cc4C3(C)CCOCCOCCOCCOC)oc-2c1. The van der Waals surface area contributed by atoms with E-state index in [1.165, 1.54) is 11.6 Å². The Hall–Kier alpha value is -4.11. The number of hydrogen-bond donors (Lipinski definition) is 2. The van der Waals surface area contributed by atoms with Gasteiger partial charge >= 0.3 is 5.97 Å². The summed E-state index contributed by atoms with van der Waals surface area (Å²) in [5.74, 6) is 0.739. The van der Waals surface area contributed by atoms with Crippen LogP contribution in [0.1, 0.15) is 90.5 Å². The average molecular weight is 838 g/mol. The molecule has 0 bridgehead atoms. The summed E-state index contributed by atoms with van der Waals surface area (Å²) in [7, 11) is -2.84. The van der Waals surface area contributed by atoms with Crippen molar-refractivity contribution < 1.29 is 46.2 Å². The maximum atomic E-state index is 12.3. The number of aliphatic carboxylic acids is 1. The lowest BCUT2D eigenvalue weighted by atomic mass is 9.78. The van der Waals surface area contributed by atoms with Gasteiger partial charge in [0.2, 0.25) is 5.36 Å². The number of methoxy groups -OCH3 is 1. The monoisotopic (exact) mass is 837 g/mol. The lowest BCUT2D eigenvalue weighted by Gasteiger charge is -2.30. The predicted molar refractivity (Wildman–Crippen MR) is 233 cm³/mol. The van der Waals surface area contributed by atoms with E-state index in [1.807, 2.05) is 30.4 Å². The quantitative estimate of drug-likeness (QED) is 0.0396. The summed E-state index contributed by atoms with van der Waals surface area (Å²) < 4.78 is 65.6. The van der Waals surface area contributed by atoms with E-state index in [2.05, 4.69) is 75.3 Å². The van der Waals surface area contributed by atoms with Crippen LogP contribution in [0, 0.1) is 0 Å². The van der Waals surface area contributed by atoms with Crippen LogP contribution in [0.2, 0.25) is 0 Å². The molecule has 324 valence electrons. The molecule has 13 heteroatoms. The highest BCUT2D eigenvalue weighted by Crippen LogP contribution is 2.51. The van der Waals surface area contributed by atoms with Crippen molar-refractivity contribution in [2.75, 3.05) is 77.9 Å². The predicted octanol–water partition coefficient (Wildman–Crippen LogP) is 7.70. The number of nitrogens with zero attached hydrogens (tertiary/aromatic N) is 2. The van der Waals surface area contributed by atoms with Gasteiger partial charge in [0.25, 0.3) is 10.1 Å². The lowest BCUT2D eigenvalue weighted by molar-refractivity contribution is -0.137. The summed E-state index contributed by atoms with van der Waals surface area (Å²) in [4.78, 5) is 13.2. The van der Waals surface area contributed by atoms with Crippen LogP contribution in [0.3, 0.4) is 0 Å². The van der Waals surface area contributed by atoms with Gasteiger partial charge in [0.1, 0.15) is 24.6 Å². The fraction of sp³-hybridized carbons (Fsp3) is 0.522. The molecule has 1 aromatic carbocycles. The van der Waals surface area contributed by atoms with Crippen molar-refractivity contribution in [3.05, 3.63) is 94.7 Å². The fourth-order valence-electron chi connectivity index (χ4n) is 7.42. The Morgan fingerprint density at radius 1 is 0.881 bits per heavy atom. The van der Waals surface area contributed by atoms with Crippen LogP contribution >= 0.6 is 0 Å². The molecule has 3 aliphatic rings. The minimum absolute atomic E-state index is 0.101. The first-order valence-corrected chi connectivity index (χ1v) is 22.1. The number of allylic oxidation sites excluding steroid dienone is 5. The first kappa shape index (κ1) is 47.6. The molecule has 59 heavy (non-hydrogen) atoms. The third-order valence-corrected chi connectivity index (χ3v) is 11.5. The van der Waals surface area contributed by atoms with E-state index < -0.39 is 21.5 Å². The van der Waals surface area contributed by atoms with E-state index in [0.717, 1.165) is 58.9 Å². The zero-order chi connectivity index (χ0) is 43.1. The van der Waals surface area contributed by atoms with Crippen LogP contribution in [-0.4, -0.2) is 97.0 Å². The summed E-state index contributed by atoms with van der Waals surface area (Å²) in [5, 5.41) is 10.3. The number of ether oxygens (including phenoxy) is 4. The zero-order valence-corrected chi connectivity index (χ0v) is 36.8. The molecule has 12 nitrogen and oxygen atoms in total. The molecule has 0 fully saturated rings. The number of carboxylic acids is 1. The second-order valence-electron chi connectivity index (χ2n) is 15.9. The molecule has 1 unspecified atom stereocenters. The molecule has 1 atom stereocenters. The van der Waals surface area contributed by atoms with Crippen LogP contribution in [0.25, 0.3) is 17.4 Å². The average Bonchev–Trinajstić information content (AvgIpc) is 3.41. The standard InChI is InChI=1S/C46H64N2O10S/c1-8-47(9-2)35-19-21-38-39(45(3,4)5)33-36(58-42(38)32-35)16-12-10-13-17-43-46(6,23-25-55-28-29-57-31-30-56-27-26-54-7)40-34-37(59(51,52)53)20-22-41(40)48(43)24-15-11-14-18-44(49)50/h10,12-13,16-17,19-22,32-34H,8-9,11,14-15,18,23-31H2,1-7H3,(H-,49,50,51,52,53)/p+1. The minimum atomic E-state index is -4.47. The number of unbranched alkanes of at least 4 members (excludes halogenated alkanes) is 2. The van der Waals surface area contributed by atoms with Gasteiger partial charge in [0, 0.05) is 55.1 Å². The molecule has 2 heterocycles. The van der Waals surface area contributed by atoms with E-state index in [9.17, 15) is 22.9 Å². The van der Waals surface area contributed by atoms with Crippen molar-refractivity contribution in [2.45, 2.75) is 89.4 Å². The lowest BCUT2D eigenvalue weighted by Crippen LogP contribution is -2.30. The number of carboxylic acid groups (broad SMARTS) is 1. The highest BCUT2D eigenvalue weighted by Gasteiger charge is 2.43. The molecule has 4 rings (SSSR count). The molecule has 0 spiro atoms. The van der Waals surface area contributed by atoms with E-state index in [-0.39, 0.29) is 16.7 Å². The van der Waals surface area contributed by atoms with Crippen LogP contribution < -0.4 is 14.8 Å². The summed E-state index contributed by atoms with van der Waals surface area (Å²) in [6.45, 7) is 18.4. The highest BCUT2D eigenvalue weighted by atomic mass is 32.2. The molecule has 1 aliphatic carbocycles. The Kier molecular flexibility index (Phi) is 18.1. The largest absolute Gasteiger partial charge is 0.481 e. The van der Waals surface area contributed by atoms with Crippen LogP contribution in [0.5, 0.6) is 0 Å². The van der Waals surface area contributed by atoms with Crippen molar-refractivity contribution in [1.29, 1.82) is 0 Å². The molecular formula is C46H65N2O10S+. The Bertz CT molecular complexity index is 2070. The van der Waals surface area contributed by atoms with Gasteiger partial charge in [-0.1, -0.05) is 45.4 Å². The maximum Gasteiger partial charge on any atom is 0.303 e. The smallest absolute Gasteiger partial charge is 0.303 e. The third-order valence-electron chi connectivity index (χ3n) is 10.6. The molecule has 2 aliphatic heterocycles. The summed E-state index contributed by atoms with van der Waals surface area (Å²) in [5.41, 5.74) is 4.00. The number of rotatable bonds is 24. The van der Waals surface area contributed by atoms with Crippen molar-refractivity contribution in [3.63, 3.8) is 0 Å².